The van der Waals surface area contributed by atoms with Crippen LogP contribution in [-0.2, 0) is 10.9 Å². The van der Waals surface area contributed by atoms with Crippen LogP contribution >= 0.6 is 0 Å². The smallest absolute Gasteiger partial charge is 0.416 e. The molecular formula is C23H24F3N5O3. The van der Waals surface area contributed by atoms with E-state index in [1.165, 1.54) is 17.0 Å². The van der Waals surface area contributed by atoms with Crippen LogP contribution in [0.5, 0.6) is 0 Å². The van der Waals surface area contributed by atoms with E-state index in [9.17, 15) is 23.1 Å². The Labute approximate surface area is 193 Å². The van der Waals surface area contributed by atoms with Gasteiger partial charge in [0.1, 0.15) is 16.8 Å². The van der Waals surface area contributed by atoms with Crippen LogP contribution in [0.3, 0.4) is 0 Å². The van der Waals surface area contributed by atoms with Crippen LogP contribution in [0, 0.1) is 0 Å². The van der Waals surface area contributed by atoms with Crippen LogP contribution in [0.2, 0.25) is 0 Å². The summed E-state index contributed by atoms with van der Waals surface area (Å²) in [5.41, 5.74) is -0.135. The largest absolute Gasteiger partial charge is 0.444 e. The van der Waals surface area contributed by atoms with Crippen molar-refractivity contribution in [3.63, 3.8) is 0 Å². The first kappa shape index (κ1) is 23.7. The zero-order valence-corrected chi connectivity index (χ0v) is 18.8. The van der Waals surface area contributed by atoms with Gasteiger partial charge in [-0.3, -0.25) is 4.98 Å². The molecule has 11 heteroatoms. The minimum absolute atomic E-state index is 0.0923. The Morgan fingerprint density at radius 1 is 1.12 bits per heavy atom. The molecule has 0 spiro atoms. The monoisotopic (exact) mass is 475 g/mol. The Hall–Kier alpha value is -3.47. The molecule has 0 radical (unpaired) electrons. The number of amides is 1. The third-order valence-corrected chi connectivity index (χ3v) is 5.29. The topological polar surface area (TPSA) is 100 Å². The van der Waals surface area contributed by atoms with Crippen molar-refractivity contribution in [1.29, 1.82) is 0 Å². The second-order valence-electron chi connectivity index (χ2n) is 9.08. The number of likely N-dealkylation sites (tertiary alicyclic amines) is 1. The van der Waals surface area contributed by atoms with Gasteiger partial charge in [-0.1, -0.05) is 12.1 Å². The number of aliphatic hydroxyl groups is 1. The first-order valence-electron chi connectivity index (χ1n) is 10.6. The lowest BCUT2D eigenvalue weighted by molar-refractivity contribution is -0.137. The van der Waals surface area contributed by atoms with Gasteiger partial charge < -0.3 is 20.1 Å². The third-order valence-electron chi connectivity index (χ3n) is 5.29. The van der Waals surface area contributed by atoms with Crippen molar-refractivity contribution in [2.45, 2.75) is 44.7 Å². The van der Waals surface area contributed by atoms with E-state index in [2.05, 4.69) is 20.5 Å². The predicted octanol–water partition coefficient (Wildman–Crippen LogP) is 4.10. The maximum atomic E-state index is 12.9. The van der Waals surface area contributed by atoms with Gasteiger partial charge in [0, 0.05) is 23.7 Å². The first-order valence-corrected chi connectivity index (χ1v) is 10.6. The Morgan fingerprint density at radius 2 is 1.82 bits per heavy atom. The zero-order chi connectivity index (χ0) is 24.7. The van der Waals surface area contributed by atoms with Crippen molar-refractivity contribution in [1.82, 2.24) is 20.1 Å². The summed E-state index contributed by atoms with van der Waals surface area (Å²) in [6, 6.07) is 7.56. The van der Waals surface area contributed by atoms with E-state index in [0.717, 1.165) is 12.1 Å². The molecule has 180 valence electrons. The van der Waals surface area contributed by atoms with E-state index in [1.54, 1.807) is 39.1 Å². The van der Waals surface area contributed by atoms with Crippen LogP contribution < -0.4 is 5.32 Å². The number of halogens is 3. The maximum absolute atomic E-state index is 12.9. The molecule has 2 N–H and O–H groups in total. The maximum Gasteiger partial charge on any atom is 0.416 e. The van der Waals surface area contributed by atoms with Gasteiger partial charge in [-0.2, -0.15) is 13.2 Å². The van der Waals surface area contributed by atoms with Gasteiger partial charge in [-0.25, -0.2) is 4.79 Å². The third kappa shape index (κ3) is 5.04. The fraction of sp³-hybridized carbons (Fsp3) is 0.391. The Kier molecular flexibility index (Phi) is 6.07. The summed E-state index contributed by atoms with van der Waals surface area (Å²) in [6.07, 6.45) is -4.27. The number of rotatable bonds is 3. The van der Waals surface area contributed by atoms with Gasteiger partial charge in [0.05, 0.1) is 24.3 Å². The number of aromatic nitrogens is 3. The Morgan fingerprint density at radius 3 is 2.47 bits per heavy atom. The number of ether oxygens (including phenoxy) is 1. The number of nitrogens with one attached hydrogen (secondary N) is 1. The highest BCUT2D eigenvalue weighted by atomic mass is 19.4. The molecule has 4 rings (SSSR count). The molecule has 3 aromatic rings. The SMILES string of the molecule is CC(C)(C)OC(=O)N1C[C@H](O)[C@H](Nc2nnc(-c3ccc(C(F)(F)F)cc3)c3cccnc23)C1. The average Bonchev–Trinajstić information content (AvgIpc) is 3.13. The summed E-state index contributed by atoms with van der Waals surface area (Å²) in [5, 5.41) is 22.6. The summed E-state index contributed by atoms with van der Waals surface area (Å²) < 4.78 is 44.1. The highest BCUT2D eigenvalue weighted by molar-refractivity contribution is 5.97. The minimum Gasteiger partial charge on any atom is -0.444 e. The lowest BCUT2D eigenvalue weighted by Gasteiger charge is -2.24. The molecule has 0 bridgehead atoms. The molecule has 3 heterocycles. The summed E-state index contributed by atoms with van der Waals surface area (Å²) in [7, 11) is 0. The van der Waals surface area contributed by atoms with Crippen LogP contribution in [-0.4, -0.2) is 62.1 Å². The fourth-order valence-electron chi connectivity index (χ4n) is 3.69. The minimum atomic E-state index is -4.43. The van der Waals surface area contributed by atoms with Gasteiger partial charge in [-0.15, -0.1) is 10.2 Å². The number of alkyl halides is 3. The Bertz CT molecular complexity index is 1200. The molecule has 2 aromatic heterocycles. The first-order chi connectivity index (χ1) is 15.9. The lowest BCUT2D eigenvalue weighted by Crippen LogP contribution is -2.36. The summed E-state index contributed by atoms with van der Waals surface area (Å²) in [4.78, 5) is 18.1. The van der Waals surface area contributed by atoms with Crippen molar-refractivity contribution in [3.05, 3.63) is 48.2 Å². The molecular weight excluding hydrogens is 451 g/mol. The number of fused-ring (bicyclic) bond motifs is 1. The fourth-order valence-corrected chi connectivity index (χ4v) is 3.69. The molecule has 0 unspecified atom stereocenters. The number of carbonyl (C=O) groups is 1. The number of benzene rings is 1. The molecule has 2 atom stereocenters. The van der Waals surface area contributed by atoms with Crippen molar-refractivity contribution in [2.75, 3.05) is 18.4 Å². The molecule has 1 aromatic carbocycles. The van der Waals surface area contributed by atoms with Crippen molar-refractivity contribution in [2.24, 2.45) is 0 Å². The molecule has 8 nitrogen and oxygen atoms in total. The normalized spacial score (nSPS) is 18.9. The number of pyridine rings is 1. The molecule has 0 aliphatic carbocycles. The highest BCUT2D eigenvalue weighted by Gasteiger charge is 2.37. The van der Waals surface area contributed by atoms with E-state index >= 15 is 0 Å². The van der Waals surface area contributed by atoms with Gasteiger partial charge in [0.25, 0.3) is 0 Å². The molecule has 1 fully saturated rings. The highest BCUT2D eigenvalue weighted by Crippen LogP contribution is 2.33. The summed E-state index contributed by atoms with van der Waals surface area (Å²) in [6.45, 7) is 5.57. The van der Waals surface area contributed by atoms with Crippen molar-refractivity contribution < 1.29 is 27.8 Å². The molecule has 1 aliphatic heterocycles. The zero-order valence-electron chi connectivity index (χ0n) is 18.8. The van der Waals surface area contributed by atoms with Crippen LogP contribution in [0.4, 0.5) is 23.8 Å². The summed E-state index contributed by atoms with van der Waals surface area (Å²) in [5.74, 6) is 0.293. The second kappa shape index (κ2) is 8.71. The van der Waals surface area contributed by atoms with Gasteiger partial charge in [-0.05, 0) is 45.0 Å². The molecule has 0 saturated carbocycles. The predicted molar refractivity (Wildman–Crippen MR) is 119 cm³/mol. The van der Waals surface area contributed by atoms with Gasteiger partial charge in [0.15, 0.2) is 5.82 Å². The lowest BCUT2D eigenvalue weighted by atomic mass is 10.0. The molecule has 1 amide bonds. The number of nitrogens with zero attached hydrogens (tertiary/aromatic N) is 4. The van der Waals surface area contributed by atoms with E-state index in [1.807, 2.05) is 0 Å². The standard InChI is InChI=1S/C23H24F3N5O3/c1-22(2,3)34-21(33)31-11-16(17(32)12-31)28-20-19-15(5-4-10-27-19)18(29-30-20)13-6-8-14(9-7-13)23(24,25)26/h4-10,16-17,32H,11-12H2,1-3H3,(H,28,30)/t16-,17+/m1/s1. The van der Waals surface area contributed by atoms with Crippen molar-refractivity contribution in [3.8, 4) is 11.3 Å². The van der Waals surface area contributed by atoms with E-state index in [4.69, 9.17) is 4.74 Å². The van der Waals surface area contributed by atoms with Gasteiger partial charge >= 0.3 is 12.3 Å². The van der Waals surface area contributed by atoms with Crippen LogP contribution in [0.1, 0.15) is 26.3 Å². The van der Waals surface area contributed by atoms with Crippen LogP contribution in [0.25, 0.3) is 22.2 Å². The van der Waals surface area contributed by atoms with Crippen LogP contribution in [0.15, 0.2) is 42.6 Å². The number of carbonyl (C=O) groups excluding carboxylic acids is 1. The van der Waals surface area contributed by atoms with E-state index < -0.39 is 35.6 Å². The molecule has 1 saturated heterocycles. The van der Waals surface area contributed by atoms with Gasteiger partial charge in [0.2, 0.25) is 0 Å². The average molecular weight is 475 g/mol. The number of hydrogen-bond acceptors (Lipinski definition) is 7. The van der Waals surface area contributed by atoms with E-state index in [-0.39, 0.29) is 13.1 Å². The van der Waals surface area contributed by atoms with Crippen molar-refractivity contribution >= 4 is 22.8 Å². The Balaban J connectivity index is 1.59. The molecule has 1 aliphatic rings. The number of β-amino-alcohol motifs (C(OH)–C–C–N with tert-alkyl or cyclic N) is 1. The van der Waals surface area contributed by atoms with E-state index in [0.29, 0.717) is 28.0 Å². The molecule has 34 heavy (non-hydrogen) atoms. The summed E-state index contributed by atoms with van der Waals surface area (Å²) >= 11 is 0. The quantitative estimate of drug-likeness (QED) is 0.588. The second-order valence-corrected chi connectivity index (χ2v) is 9.08. The number of aliphatic hydroxyl groups excluding tert-OH is 1. The number of hydrogen-bond donors (Lipinski definition) is 2. The number of anilines is 1.